The molecule has 1 aliphatic heterocycles. The van der Waals surface area contributed by atoms with Crippen molar-refractivity contribution in [2.75, 3.05) is 6.54 Å². The lowest BCUT2D eigenvalue weighted by Gasteiger charge is -2.18. The van der Waals surface area contributed by atoms with Crippen molar-refractivity contribution in [2.24, 2.45) is 5.92 Å². The van der Waals surface area contributed by atoms with E-state index in [0.29, 0.717) is 5.56 Å². The van der Waals surface area contributed by atoms with E-state index < -0.39 is 23.5 Å². The molecule has 5 heteroatoms. The number of benzene rings is 2. The first-order valence-corrected chi connectivity index (χ1v) is 8.65. The maximum absolute atomic E-state index is 14.3. The standard InChI is InChI=1S/C21H21F2NO2/c1-12-3-5-14(6-4-12)9-15(25)10-16-17(11-24-21(16)26)20-18(22)7-13(2)8-19(20)23/h3-8,16-17H,9-11H2,1-2H3,(H,24,26)/t16-,17+/m1/s1. The predicted molar refractivity (Wildman–Crippen MR) is 94.8 cm³/mol. The zero-order valence-electron chi connectivity index (χ0n) is 14.8. The fourth-order valence-corrected chi connectivity index (χ4v) is 3.52. The molecule has 0 bridgehead atoms. The minimum Gasteiger partial charge on any atom is -0.355 e. The number of carbonyl (C=O) groups is 2. The highest BCUT2D eigenvalue weighted by Gasteiger charge is 2.39. The Bertz CT molecular complexity index is 823. The van der Waals surface area contributed by atoms with E-state index >= 15 is 0 Å². The monoisotopic (exact) mass is 357 g/mol. The number of nitrogens with one attached hydrogen (secondary N) is 1. The third-order valence-corrected chi connectivity index (χ3v) is 4.88. The second-order valence-corrected chi connectivity index (χ2v) is 7.01. The second-order valence-electron chi connectivity index (χ2n) is 7.01. The summed E-state index contributed by atoms with van der Waals surface area (Å²) in [5.74, 6) is -3.20. The summed E-state index contributed by atoms with van der Waals surface area (Å²) in [5, 5.41) is 2.64. The van der Waals surface area contributed by atoms with Crippen LogP contribution in [0.5, 0.6) is 0 Å². The topological polar surface area (TPSA) is 46.2 Å². The van der Waals surface area contributed by atoms with Gasteiger partial charge in [0.15, 0.2) is 0 Å². The SMILES string of the molecule is Cc1ccc(CC(=O)C[C@H]2C(=O)NC[C@@H]2c2c(F)cc(C)cc2F)cc1. The first-order chi connectivity index (χ1) is 12.3. The van der Waals surface area contributed by atoms with Gasteiger partial charge in [-0.05, 0) is 37.1 Å². The van der Waals surface area contributed by atoms with Crippen LogP contribution in [0.4, 0.5) is 8.78 Å². The van der Waals surface area contributed by atoms with Crippen molar-refractivity contribution in [1.29, 1.82) is 0 Å². The molecule has 1 N–H and O–H groups in total. The molecule has 1 saturated heterocycles. The van der Waals surface area contributed by atoms with Crippen LogP contribution < -0.4 is 5.32 Å². The van der Waals surface area contributed by atoms with Crippen LogP contribution in [0.1, 0.15) is 34.6 Å². The minimum absolute atomic E-state index is 0.0306. The molecule has 26 heavy (non-hydrogen) atoms. The average molecular weight is 357 g/mol. The van der Waals surface area contributed by atoms with Gasteiger partial charge in [-0.3, -0.25) is 9.59 Å². The molecule has 0 unspecified atom stereocenters. The highest BCUT2D eigenvalue weighted by atomic mass is 19.1. The van der Waals surface area contributed by atoms with Gasteiger partial charge in [-0.2, -0.15) is 0 Å². The van der Waals surface area contributed by atoms with Crippen LogP contribution in [0.25, 0.3) is 0 Å². The molecule has 3 rings (SSSR count). The molecule has 0 aliphatic carbocycles. The van der Waals surface area contributed by atoms with Gasteiger partial charge in [-0.1, -0.05) is 29.8 Å². The Morgan fingerprint density at radius 1 is 1.08 bits per heavy atom. The van der Waals surface area contributed by atoms with Crippen LogP contribution in [-0.2, 0) is 16.0 Å². The summed E-state index contributed by atoms with van der Waals surface area (Å²) in [7, 11) is 0. The molecule has 1 amide bonds. The van der Waals surface area contributed by atoms with E-state index in [0.717, 1.165) is 11.1 Å². The van der Waals surface area contributed by atoms with Crippen LogP contribution in [-0.4, -0.2) is 18.2 Å². The number of Topliss-reactive ketones (excluding diaryl/α,β-unsaturated/α-hetero) is 1. The molecule has 2 aromatic rings. The molecular weight excluding hydrogens is 336 g/mol. The zero-order chi connectivity index (χ0) is 18.8. The largest absolute Gasteiger partial charge is 0.355 e. The van der Waals surface area contributed by atoms with E-state index in [1.807, 2.05) is 31.2 Å². The number of ketones is 1. The van der Waals surface area contributed by atoms with Crippen LogP contribution in [0.2, 0.25) is 0 Å². The Balaban J connectivity index is 1.78. The Morgan fingerprint density at radius 2 is 1.69 bits per heavy atom. The van der Waals surface area contributed by atoms with E-state index in [2.05, 4.69) is 5.32 Å². The first kappa shape index (κ1) is 18.2. The molecule has 0 spiro atoms. The zero-order valence-corrected chi connectivity index (χ0v) is 14.8. The molecule has 136 valence electrons. The Kier molecular flexibility index (Phi) is 5.16. The number of carbonyl (C=O) groups excluding carboxylic acids is 2. The summed E-state index contributed by atoms with van der Waals surface area (Å²) in [5.41, 5.74) is 2.33. The highest BCUT2D eigenvalue weighted by molar-refractivity contribution is 5.90. The fourth-order valence-electron chi connectivity index (χ4n) is 3.52. The second kappa shape index (κ2) is 7.36. The van der Waals surface area contributed by atoms with Crippen molar-refractivity contribution >= 4 is 11.7 Å². The molecule has 0 saturated carbocycles. The first-order valence-electron chi connectivity index (χ1n) is 8.65. The molecule has 0 aromatic heterocycles. The lowest BCUT2D eigenvalue weighted by molar-refractivity contribution is -0.127. The Labute approximate surface area is 151 Å². The maximum atomic E-state index is 14.3. The number of aryl methyl sites for hydroxylation is 2. The predicted octanol–water partition coefficient (Wildman–Crippen LogP) is 3.61. The molecule has 1 fully saturated rings. The summed E-state index contributed by atoms with van der Waals surface area (Å²) in [6.45, 7) is 3.71. The Morgan fingerprint density at radius 3 is 2.31 bits per heavy atom. The summed E-state index contributed by atoms with van der Waals surface area (Å²) >= 11 is 0. The smallest absolute Gasteiger partial charge is 0.224 e. The van der Waals surface area contributed by atoms with E-state index in [1.165, 1.54) is 12.1 Å². The van der Waals surface area contributed by atoms with E-state index in [-0.39, 0.29) is 36.6 Å². The van der Waals surface area contributed by atoms with Crippen LogP contribution in [0.15, 0.2) is 36.4 Å². The van der Waals surface area contributed by atoms with Gasteiger partial charge in [0.2, 0.25) is 5.91 Å². The van der Waals surface area contributed by atoms with Crippen molar-refractivity contribution < 1.29 is 18.4 Å². The van der Waals surface area contributed by atoms with Gasteiger partial charge in [0, 0.05) is 30.9 Å². The van der Waals surface area contributed by atoms with Gasteiger partial charge in [-0.25, -0.2) is 8.78 Å². The number of rotatable bonds is 5. The average Bonchev–Trinajstić information content (AvgIpc) is 2.90. The van der Waals surface area contributed by atoms with Crippen molar-refractivity contribution in [3.8, 4) is 0 Å². The van der Waals surface area contributed by atoms with Gasteiger partial charge >= 0.3 is 0 Å². The van der Waals surface area contributed by atoms with Crippen molar-refractivity contribution in [3.63, 3.8) is 0 Å². The number of hydrogen-bond donors (Lipinski definition) is 1. The van der Waals surface area contributed by atoms with Gasteiger partial charge in [0.05, 0.1) is 5.92 Å². The maximum Gasteiger partial charge on any atom is 0.224 e. The molecule has 3 nitrogen and oxygen atoms in total. The van der Waals surface area contributed by atoms with Crippen molar-refractivity contribution in [2.45, 2.75) is 32.6 Å². The summed E-state index contributed by atoms with van der Waals surface area (Å²) in [6.07, 6.45) is 0.173. The van der Waals surface area contributed by atoms with Crippen molar-refractivity contribution in [1.82, 2.24) is 5.32 Å². The fraction of sp³-hybridized carbons (Fsp3) is 0.333. The quantitative estimate of drug-likeness (QED) is 0.888. The molecular formula is C21H21F2NO2. The van der Waals surface area contributed by atoms with Gasteiger partial charge in [0.25, 0.3) is 0 Å². The van der Waals surface area contributed by atoms with E-state index in [9.17, 15) is 18.4 Å². The number of halogens is 2. The van der Waals surface area contributed by atoms with Crippen LogP contribution in [0.3, 0.4) is 0 Å². The normalized spacial score (nSPS) is 19.5. The number of hydrogen-bond acceptors (Lipinski definition) is 2. The Hall–Kier alpha value is -2.56. The van der Waals surface area contributed by atoms with Crippen molar-refractivity contribution in [3.05, 3.63) is 70.3 Å². The van der Waals surface area contributed by atoms with Gasteiger partial charge in [0.1, 0.15) is 17.4 Å². The van der Waals surface area contributed by atoms with Crippen LogP contribution in [0, 0.1) is 31.4 Å². The van der Waals surface area contributed by atoms with E-state index in [1.54, 1.807) is 6.92 Å². The lowest BCUT2D eigenvalue weighted by atomic mass is 9.83. The van der Waals surface area contributed by atoms with Crippen LogP contribution >= 0.6 is 0 Å². The summed E-state index contributed by atoms with van der Waals surface area (Å²) in [6, 6.07) is 10.1. The third kappa shape index (κ3) is 3.82. The number of amides is 1. The lowest BCUT2D eigenvalue weighted by Crippen LogP contribution is -2.23. The summed E-state index contributed by atoms with van der Waals surface area (Å²) in [4.78, 5) is 24.6. The molecule has 2 atom stereocenters. The minimum atomic E-state index is -0.750. The third-order valence-electron chi connectivity index (χ3n) is 4.88. The van der Waals surface area contributed by atoms with Gasteiger partial charge < -0.3 is 5.32 Å². The molecule has 1 heterocycles. The highest BCUT2D eigenvalue weighted by Crippen LogP contribution is 2.35. The molecule has 1 aliphatic rings. The van der Waals surface area contributed by atoms with E-state index in [4.69, 9.17) is 0 Å². The molecule has 2 aromatic carbocycles. The molecule has 0 radical (unpaired) electrons. The summed E-state index contributed by atoms with van der Waals surface area (Å²) < 4.78 is 28.6. The van der Waals surface area contributed by atoms with Gasteiger partial charge in [-0.15, -0.1) is 0 Å².